The Morgan fingerprint density at radius 2 is 2.14 bits per heavy atom. The van der Waals surface area contributed by atoms with E-state index in [-0.39, 0.29) is 0 Å². The summed E-state index contributed by atoms with van der Waals surface area (Å²) in [6.07, 6.45) is 8.41. The van der Waals surface area contributed by atoms with E-state index in [9.17, 15) is 4.79 Å². The fourth-order valence-corrected chi connectivity index (χ4v) is 4.17. The van der Waals surface area contributed by atoms with Crippen LogP contribution >= 0.6 is 0 Å². The predicted octanol–water partition coefficient (Wildman–Crippen LogP) is 3.52. The number of nitrogens with one attached hydrogen (secondary N) is 2. The third-order valence-corrected chi connectivity index (χ3v) is 5.55. The van der Waals surface area contributed by atoms with Gasteiger partial charge in [0.05, 0.1) is 0 Å². The predicted molar refractivity (Wildman–Crippen MR) is 111 cm³/mol. The Balaban J connectivity index is 1.40. The van der Waals surface area contributed by atoms with Crippen molar-refractivity contribution in [3.05, 3.63) is 77.0 Å². The van der Waals surface area contributed by atoms with Crippen LogP contribution in [0.1, 0.15) is 34.7 Å². The molecule has 144 valence electrons. The number of nitrogens with zero attached hydrogens (tertiary/aromatic N) is 1. The van der Waals surface area contributed by atoms with E-state index in [4.69, 9.17) is 5.21 Å². The molecule has 0 saturated carbocycles. The molecule has 5 heteroatoms. The maximum absolute atomic E-state index is 11.1. The van der Waals surface area contributed by atoms with Crippen LogP contribution in [0.2, 0.25) is 0 Å². The smallest absolute Gasteiger partial charge is 0.267 e. The van der Waals surface area contributed by atoms with Gasteiger partial charge in [0.15, 0.2) is 0 Å². The molecule has 1 heterocycles. The highest BCUT2D eigenvalue weighted by atomic mass is 16.5. The lowest BCUT2D eigenvalue weighted by atomic mass is 10.0. The molecule has 0 radical (unpaired) electrons. The molecule has 28 heavy (non-hydrogen) atoms. The molecule has 1 aliphatic rings. The van der Waals surface area contributed by atoms with Crippen molar-refractivity contribution in [1.82, 2.24) is 15.4 Å². The van der Waals surface area contributed by atoms with Gasteiger partial charge in [-0.25, -0.2) is 5.48 Å². The molecule has 5 nitrogen and oxygen atoms in total. The molecule has 4 rings (SSSR count). The first-order chi connectivity index (χ1) is 13.7. The summed E-state index contributed by atoms with van der Waals surface area (Å²) in [5.41, 5.74) is 7.91. The fourth-order valence-electron chi connectivity index (χ4n) is 4.17. The Hall–Kier alpha value is -2.89. The monoisotopic (exact) mass is 375 g/mol. The van der Waals surface area contributed by atoms with E-state index in [0.717, 1.165) is 31.4 Å². The van der Waals surface area contributed by atoms with E-state index in [1.807, 2.05) is 6.07 Å². The summed E-state index contributed by atoms with van der Waals surface area (Å²) in [7, 11) is 2.10. The van der Waals surface area contributed by atoms with Crippen molar-refractivity contribution in [2.75, 3.05) is 6.54 Å². The van der Waals surface area contributed by atoms with Crippen molar-refractivity contribution >= 4 is 22.9 Å². The average Bonchev–Trinajstić information content (AvgIpc) is 3.27. The molecule has 1 aliphatic carbocycles. The van der Waals surface area contributed by atoms with Crippen LogP contribution in [-0.2, 0) is 24.7 Å². The lowest BCUT2D eigenvalue weighted by Crippen LogP contribution is -2.21. The topological polar surface area (TPSA) is 66.3 Å². The highest BCUT2D eigenvalue weighted by Crippen LogP contribution is 2.32. The minimum absolute atomic E-state index is 0.378. The summed E-state index contributed by atoms with van der Waals surface area (Å²) >= 11 is 0. The number of rotatable bonds is 6. The largest absolute Gasteiger partial charge is 0.350 e. The Morgan fingerprint density at radius 3 is 3.00 bits per heavy atom. The summed E-state index contributed by atoms with van der Waals surface area (Å²) in [6.45, 7) is 0.941. The number of carbonyl (C=O) groups excluding carboxylic acids is 1. The van der Waals surface area contributed by atoms with Crippen LogP contribution in [0.5, 0.6) is 0 Å². The van der Waals surface area contributed by atoms with Gasteiger partial charge in [0.25, 0.3) is 5.91 Å². The van der Waals surface area contributed by atoms with Gasteiger partial charge in [0, 0.05) is 36.3 Å². The van der Waals surface area contributed by atoms with Gasteiger partial charge in [0.1, 0.15) is 0 Å². The third-order valence-electron chi connectivity index (χ3n) is 5.55. The molecule has 0 saturated heterocycles. The summed E-state index contributed by atoms with van der Waals surface area (Å²) in [5, 5.41) is 13.6. The third kappa shape index (κ3) is 3.72. The number of hydrogen-bond donors (Lipinski definition) is 3. The van der Waals surface area contributed by atoms with Crippen molar-refractivity contribution in [3.8, 4) is 0 Å². The van der Waals surface area contributed by atoms with Crippen LogP contribution in [0.3, 0.4) is 0 Å². The summed E-state index contributed by atoms with van der Waals surface area (Å²) in [6, 6.07) is 15.2. The van der Waals surface area contributed by atoms with Crippen LogP contribution in [-0.4, -0.2) is 22.2 Å². The zero-order valence-corrected chi connectivity index (χ0v) is 16.0. The minimum Gasteiger partial charge on any atom is -0.350 e. The maximum Gasteiger partial charge on any atom is 0.267 e. The van der Waals surface area contributed by atoms with Gasteiger partial charge in [-0.1, -0.05) is 36.4 Å². The molecular weight excluding hydrogens is 350 g/mol. The Bertz CT molecular complexity index is 1040. The second-order valence-corrected chi connectivity index (χ2v) is 7.35. The van der Waals surface area contributed by atoms with Crippen LogP contribution in [0.4, 0.5) is 0 Å². The van der Waals surface area contributed by atoms with Crippen LogP contribution in [0.25, 0.3) is 17.0 Å². The van der Waals surface area contributed by atoms with Crippen LogP contribution in [0, 0.1) is 0 Å². The normalized spacial score (nSPS) is 16.0. The summed E-state index contributed by atoms with van der Waals surface area (Å²) < 4.78 is 2.20. The molecule has 1 atom stereocenters. The van der Waals surface area contributed by atoms with Crippen molar-refractivity contribution in [3.63, 3.8) is 0 Å². The van der Waals surface area contributed by atoms with Crippen LogP contribution in [0.15, 0.2) is 54.7 Å². The molecule has 3 aromatic rings. The first-order valence-corrected chi connectivity index (χ1v) is 9.67. The summed E-state index contributed by atoms with van der Waals surface area (Å²) in [5.74, 6) is -0.520. The Kier molecular flexibility index (Phi) is 5.28. The number of aromatic nitrogens is 1. The molecule has 1 amide bonds. The van der Waals surface area contributed by atoms with E-state index >= 15 is 0 Å². The van der Waals surface area contributed by atoms with Crippen molar-refractivity contribution in [2.45, 2.75) is 25.3 Å². The van der Waals surface area contributed by atoms with Crippen molar-refractivity contribution in [2.24, 2.45) is 7.05 Å². The van der Waals surface area contributed by atoms with Gasteiger partial charge in [-0.3, -0.25) is 10.0 Å². The van der Waals surface area contributed by atoms with Gasteiger partial charge in [-0.2, -0.15) is 0 Å². The second kappa shape index (κ2) is 8.00. The molecule has 0 aliphatic heterocycles. The zero-order chi connectivity index (χ0) is 19.5. The zero-order valence-electron chi connectivity index (χ0n) is 16.0. The van der Waals surface area contributed by atoms with E-state index in [2.05, 4.69) is 59.5 Å². The lowest BCUT2D eigenvalue weighted by Gasteiger charge is -2.14. The highest BCUT2D eigenvalue weighted by Gasteiger charge is 2.21. The van der Waals surface area contributed by atoms with Gasteiger partial charge < -0.3 is 9.88 Å². The van der Waals surface area contributed by atoms with E-state index in [1.54, 1.807) is 11.6 Å². The number of benzene rings is 2. The summed E-state index contributed by atoms with van der Waals surface area (Å²) in [4.78, 5) is 11.1. The number of para-hydroxylation sites is 1. The highest BCUT2D eigenvalue weighted by molar-refractivity contribution is 5.90. The fraction of sp³-hybridized carbons (Fsp3) is 0.261. The number of hydrogen-bond acceptors (Lipinski definition) is 3. The molecule has 0 fully saturated rings. The molecule has 3 N–H and O–H groups in total. The van der Waals surface area contributed by atoms with Gasteiger partial charge in [-0.15, -0.1) is 0 Å². The molecule has 0 bridgehead atoms. The Labute approximate surface area is 164 Å². The first kappa shape index (κ1) is 18.5. The molecule has 1 unspecified atom stereocenters. The van der Waals surface area contributed by atoms with Crippen LogP contribution < -0.4 is 10.8 Å². The first-order valence-electron chi connectivity index (χ1n) is 9.67. The average molecular weight is 375 g/mol. The van der Waals surface area contributed by atoms with E-state index in [1.165, 1.54) is 33.7 Å². The van der Waals surface area contributed by atoms with Gasteiger partial charge in [0.2, 0.25) is 0 Å². The minimum atomic E-state index is -0.520. The number of amides is 1. The number of fused-ring (bicyclic) bond motifs is 2. The standard InChI is InChI=1S/C23H25N3O2/c1-26-15-18(20-4-2-3-5-22(20)26)12-13-24-21-10-8-17-14-16(6-9-19(17)21)7-11-23(27)25-28/h2-7,9,11,14-15,21,24,28H,8,10,12-13H2,1H3,(H,25,27). The van der Waals surface area contributed by atoms with Crippen molar-refractivity contribution in [1.29, 1.82) is 0 Å². The molecule has 2 aromatic carbocycles. The molecular formula is C23H25N3O2. The van der Waals surface area contributed by atoms with Crippen molar-refractivity contribution < 1.29 is 10.0 Å². The second-order valence-electron chi connectivity index (χ2n) is 7.35. The van der Waals surface area contributed by atoms with E-state index in [0.29, 0.717) is 6.04 Å². The van der Waals surface area contributed by atoms with Gasteiger partial charge >= 0.3 is 0 Å². The molecule has 1 aromatic heterocycles. The number of hydroxylamine groups is 1. The van der Waals surface area contributed by atoms with E-state index < -0.39 is 5.91 Å². The SMILES string of the molecule is Cn1cc(CCNC2CCc3cc(C=CC(=O)NO)ccc32)c2ccccc21. The Morgan fingerprint density at radius 1 is 1.29 bits per heavy atom. The molecule has 0 spiro atoms. The van der Waals surface area contributed by atoms with Gasteiger partial charge in [-0.05, 0) is 60.2 Å². The quantitative estimate of drug-likeness (QED) is 0.351. The lowest BCUT2D eigenvalue weighted by molar-refractivity contribution is -0.124. The number of aryl methyl sites for hydroxylation is 2. The number of carbonyl (C=O) groups is 1. The maximum atomic E-state index is 11.1.